The van der Waals surface area contributed by atoms with Gasteiger partial charge < -0.3 is 4.74 Å². The summed E-state index contributed by atoms with van der Waals surface area (Å²) in [5, 5.41) is 5.47. The Morgan fingerprint density at radius 3 is 2.27 bits per heavy atom. The number of fused-ring (bicyclic) bond motifs is 3. The van der Waals surface area contributed by atoms with E-state index in [1.807, 2.05) is 19.1 Å². The minimum Gasteiger partial charge on any atom is -0.497 e. The predicted octanol–water partition coefficient (Wildman–Crippen LogP) is 5.51. The van der Waals surface area contributed by atoms with Crippen LogP contribution in [0.15, 0.2) is 54.6 Å². The van der Waals surface area contributed by atoms with Crippen LogP contribution < -0.4 is 4.74 Å². The van der Waals surface area contributed by atoms with Gasteiger partial charge in [0.15, 0.2) is 5.69 Å². The molecule has 1 heterocycles. The molecule has 132 valence electrons. The summed E-state index contributed by atoms with van der Waals surface area (Å²) in [4.78, 5) is 0. The van der Waals surface area contributed by atoms with Gasteiger partial charge in [-0.1, -0.05) is 23.8 Å². The molecule has 0 aliphatic heterocycles. The number of halogens is 3. The van der Waals surface area contributed by atoms with Crippen molar-refractivity contribution in [3.63, 3.8) is 0 Å². The molecule has 26 heavy (non-hydrogen) atoms. The molecular weight excluding hydrogens is 341 g/mol. The number of hydrogen-bond acceptors (Lipinski definition) is 2. The lowest BCUT2D eigenvalue weighted by atomic mass is 10.1. The highest BCUT2D eigenvalue weighted by molar-refractivity contribution is 6.07. The number of nitrogens with zero attached hydrogens (tertiary/aromatic N) is 2. The number of aromatic nitrogens is 2. The molecule has 4 aromatic rings. The summed E-state index contributed by atoms with van der Waals surface area (Å²) in [6.07, 6.45) is -4.53. The molecule has 6 heteroatoms. The fourth-order valence-corrected chi connectivity index (χ4v) is 3.12. The zero-order valence-electron chi connectivity index (χ0n) is 14.1. The van der Waals surface area contributed by atoms with Gasteiger partial charge in [-0.05, 0) is 48.7 Å². The van der Waals surface area contributed by atoms with Gasteiger partial charge in [-0.15, -0.1) is 0 Å². The molecule has 0 spiro atoms. The van der Waals surface area contributed by atoms with Crippen LogP contribution in [0.5, 0.6) is 5.75 Å². The van der Waals surface area contributed by atoms with Crippen molar-refractivity contribution < 1.29 is 17.9 Å². The van der Waals surface area contributed by atoms with Crippen LogP contribution in [0.1, 0.15) is 11.3 Å². The van der Waals surface area contributed by atoms with Crippen LogP contribution in [0.4, 0.5) is 13.2 Å². The Morgan fingerprint density at radius 1 is 0.923 bits per heavy atom. The lowest BCUT2D eigenvalue weighted by Crippen LogP contribution is -2.07. The molecule has 0 bridgehead atoms. The molecule has 0 amide bonds. The van der Waals surface area contributed by atoms with E-state index in [1.165, 1.54) is 10.7 Å². The summed E-state index contributed by atoms with van der Waals surface area (Å²) in [7, 11) is 1.55. The topological polar surface area (TPSA) is 27.1 Å². The Hall–Kier alpha value is -3.02. The fourth-order valence-electron chi connectivity index (χ4n) is 3.12. The second kappa shape index (κ2) is 5.76. The molecule has 0 radical (unpaired) electrons. The van der Waals surface area contributed by atoms with Crippen molar-refractivity contribution >= 4 is 21.7 Å². The van der Waals surface area contributed by atoms with Crippen LogP contribution >= 0.6 is 0 Å². The van der Waals surface area contributed by atoms with Gasteiger partial charge in [-0.2, -0.15) is 18.3 Å². The van der Waals surface area contributed by atoms with Crippen molar-refractivity contribution in [1.29, 1.82) is 0 Å². The zero-order valence-corrected chi connectivity index (χ0v) is 14.1. The van der Waals surface area contributed by atoms with Gasteiger partial charge >= 0.3 is 6.18 Å². The number of hydrogen-bond donors (Lipinski definition) is 0. The van der Waals surface area contributed by atoms with Crippen LogP contribution in [0.2, 0.25) is 0 Å². The zero-order chi connectivity index (χ0) is 18.5. The van der Waals surface area contributed by atoms with Crippen molar-refractivity contribution in [2.24, 2.45) is 0 Å². The molecule has 4 rings (SSSR count). The van der Waals surface area contributed by atoms with Crippen molar-refractivity contribution in [2.75, 3.05) is 7.11 Å². The molecule has 1 aromatic heterocycles. The Balaban J connectivity index is 2.11. The first-order valence-corrected chi connectivity index (χ1v) is 8.02. The van der Waals surface area contributed by atoms with E-state index in [9.17, 15) is 13.2 Å². The first-order valence-electron chi connectivity index (χ1n) is 8.02. The average Bonchev–Trinajstić information content (AvgIpc) is 3.02. The number of benzene rings is 3. The van der Waals surface area contributed by atoms with E-state index in [2.05, 4.69) is 5.10 Å². The van der Waals surface area contributed by atoms with Gasteiger partial charge in [0.1, 0.15) is 5.75 Å². The van der Waals surface area contributed by atoms with E-state index in [-0.39, 0.29) is 5.39 Å². The lowest BCUT2D eigenvalue weighted by Gasteiger charge is -2.08. The smallest absolute Gasteiger partial charge is 0.435 e. The molecule has 0 aliphatic rings. The Morgan fingerprint density at radius 2 is 1.62 bits per heavy atom. The number of aryl methyl sites for hydroxylation is 1. The first kappa shape index (κ1) is 16.4. The average molecular weight is 356 g/mol. The molecule has 3 nitrogen and oxygen atoms in total. The summed E-state index contributed by atoms with van der Waals surface area (Å²) >= 11 is 0. The SMILES string of the molecule is COc1ccc2c(ccc3c(C(F)(F)F)nn(-c4ccc(C)cc4)c32)c1. The lowest BCUT2D eigenvalue weighted by molar-refractivity contribution is -0.140. The van der Waals surface area contributed by atoms with Crippen LogP contribution in [-0.2, 0) is 6.18 Å². The molecule has 0 N–H and O–H groups in total. The van der Waals surface area contributed by atoms with E-state index in [0.29, 0.717) is 22.3 Å². The molecule has 3 aromatic carbocycles. The molecule has 0 fully saturated rings. The highest BCUT2D eigenvalue weighted by Crippen LogP contribution is 2.38. The highest BCUT2D eigenvalue weighted by Gasteiger charge is 2.37. The first-order chi connectivity index (χ1) is 12.4. The molecule has 0 saturated heterocycles. The van der Waals surface area contributed by atoms with Crippen LogP contribution in [-0.4, -0.2) is 16.9 Å². The van der Waals surface area contributed by atoms with E-state index in [0.717, 1.165) is 10.9 Å². The van der Waals surface area contributed by atoms with Crippen molar-refractivity contribution in [3.05, 3.63) is 65.9 Å². The number of methoxy groups -OCH3 is 1. The monoisotopic (exact) mass is 356 g/mol. The van der Waals surface area contributed by atoms with Gasteiger partial charge in [0.05, 0.1) is 18.3 Å². The van der Waals surface area contributed by atoms with Gasteiger partial charge in [0.25, 0.3) is 0 Å². The number of alkyl halides is 3. The summed E-state index contributed by atoms with van der Waals surface area (Å²) < 4.78 is 47.2. The molecule has 0 saturated carbocycles. The van der Waals surface area contributed by atoms with E-state index in [1.54, 1.807) is 43.5 Å². The fraction of sp³-hybridized carbons (Fsp3) is 0.150. The molecular formula is C20H15F3N2O. The number of rotatable bonds is 2. The third-order valence-electron chi connectivity index (χ3n) is 4.41. The maximum Gasteiger partial charge on any atom is 0.435 e. The summed E-state index contributed by atoms with van der Waals surface area (Å²) in [5.74, 6) is 0.647. The normalized spacial score (nSPS) is 12.0. The Labute approximate surface area is 147 Å². The minimum atomic E-state index is -4.53. The molecule has 0 atom stereocenters. The Bertz CT molecular complexity index is 1110. The third kappa shape index (κ3) is 2.58. The standard InChI is InChI=1S/C20H15F3N2O/c1-12-3-6-14(7-4-12)25-18-16-10-8-15(26-2)11-13(16)5-9-17(18)19(24-25)20(21,22)23/h3-11H,1-2H3. The van der Waals surface area contributed by atoms with E-state index in [4.69, 9.17) is 4.74 Å². The maximum absolute atomic E-state index is 13.5. The quantitative estimate of drug-likeness (QED) is 0.473. The Kier molecular flexibility index (Phi) is 3.64. The minimum absolute atomic E-state index is 0.0794. The largest absolute Gasteiger partial charge is 0.497 e. The maximum atomic E-state index is 13.5. The van der Waals surface area contributed by atoms with Gasteiger partial charge in [0, 0.05) is 10.8 Å². The van der Waals surface area contributed by atoms with Crippen molar-refractivity contribution in [3.8, 4) is 11.4 Å². The van der Waals surface area contributed by atoms with Crippen molar-refractivity contribution in [2.45, 2.75) is 13.1 Å². The van der Waals surface area contributed by atoms with Gasteiger partial charge in [-0.25, -0.2) is 4.68 Å². The van der Waals surface area contributed by atoms with Crippen LogP contribution in [0, 0.1) is 6.92 Å². The second-order valence-electron chi connectivity index (χ2n) is 6.14. The predicted molar refractivity (Wildman–Crippen MR) is 94.9 cm³/mol. The van der Waals surface area contributed by atoms with E-state index < -0.39 is 11.9 Å². The number of ether oxygens (including phenoxy) is 1. The summed E-state index contributed by atoms with van der Waals surface area (Å²) in [6.45, 7) is 1.92. The second-order valence-corrected chi connectivity index (χ2v) is 6.14. The molecule has 0 unspecified atom stereocenters. The van der Waals surface area contributed by atoms with Gasteiger partial charge in [0.2, 0.25) is 0 Å². The van der Waals surface area contributed by atoms with E-state index >= 15 is 0 Å². The summed E-state index contributed by atoms with van der Waals surface area (Å²) in [5.41, 5.74) is 1.15. The van der Waals surface area contributed by atoms with Crippen molar-refractivity contribution in [1.82, 2.24) is 9.78 Å². The van der Waals surface area contributed by atoms with Crippen LogP contribution in [0.25, 0.3) is 27.4 Å². The van der Waals surface area contributed by atoms with Crippen LogP contribution in [0.3, 0.4) is 0 Å². The highest BCUT2D eigenvalue weighted by atomic mass is 19.4. The molecule has 0 aliphatic carbocycles. The third-order valence-corrected chi connectivity index (χ3v) is 4.41. The summed E-state index contributed by atoms with van der Waals surface area (Å²) in [6, 6.07) is 15.7. The van der Waals surface area contributed by atoms with Gasteiger partial charge in [-0.3, -0.25) is 0 Å².